The highest BCUT2D eigenvalue weighted by Crippen LogP contribution is 2.55. The van der Waals surface area contributed by atoms with Gasteiger partial charge in [0.05, 0.1) is 27.9 Å². The van der Waals surface area contributed by atoms with Crippen molar-refractivity contribution >= 4 is 35.3 Å². The van der Waals surface area contributed by atoms with Crippen molar-refractivity contribution in [3.63, 3.8) is 0 Å². The molecule has 0 unspecified atom stereocenters. The molecule has 0 radical (unpaired) electrons. The largest absolute Gasteiger partial charge is 0.573 e. The fourth-order valence-electron chi connectivity index (χ4n) is 5.52. The van der Waals surface area contributed by atoms with Crippen molar-refractivity contribution in [1.82, 2.24) is 14.7 Å². The van der Waals surface area contributed by atoms with Crippen LogP contribution in [0.5, 0.6) is 5.75 Å². The second-order valence-electron chi connectivity index (χ2n) is 11.8. The first-order valence-corrected chi connectivity index (χ1v) is 15.7. The molecule has 3 aromatic rings. The molecule has 0 N–H and O–H groups in total. The lowest BCUT2D eigenvalue weighted by Gasteiger charge is -2.31. The van der Waals surface area contributed by atoms with Crippen LogP contribution in [-0.4, -0.2) is 63.8 Å². The average molecular weight is 791 g/mol. The summed E-state index contributed by atoms with van der Waals surface area (Å²) < 4.78 is 150. The summed E-state index contributed by atoms with van der Waals surface area (Å²) in [6.07, 6.45) is -15.1. The maximum atomic E-state index is 14.8. The van der Waals surface area contributed by atoms with E-state index in [9.17, 15) is 58.8 Å². The topological polar surface area (TPSA) is 107 Å². The third kappa shape index (κ3) is 7.68. The molecule has 5 rings (SSSR count). The van der Waals surface area contributed by atoms with Crippen molar-refractivity contribution in [2.75, 3.05) is 6.73 Å². The summed E-state index contributed by atoms with van der Waals surface area (Å²) in [5, 5.41) is 12.2. The van der Waals surface area contributed by atoms with Crippen molar-refractivity contribution in [3.05, 3.63) is 63.9 Å². The Morgan fingerprint density at radius 2 is 1.58 bits per heavy atom. The Kier molecular flexibility index (Phi) is 10.3. The van der Waals surface area contributed by atoms with Crippen LogP contribution in [0.25, 0.3) is 16.8 Å². The molecule has 1 amide bonds. The van der Waals surface area contributed by atoms with Crippen LogP contribution in [0.2, 0.25) is 10.0 Å². The van der Waals surface area contributed by atoms with Gasteiger partial charge in [-0.3, -0.25) is 9.69 Å². The molecule has 2 aliphatic carbocycles. The molecule has 280 valence electrons. The van der Waals surface area contributed by atoms with Gasteiger partial charge in [-0.25, -0.2) is 13.9 Å². The molecular formula is C31H22Cl2F10N4O5. The molecule has 0 bridgehead atoms. The number of benzene rings is 2. The van der Waals surface area contributed by atoms with E-state index < -0.39 is 76.8 Å². The minimum atomic E-state index is -6.68. The molecular weight excluding hydrogens is 769 g/mol. The van der Waals surface area contributed by atoms with Crippen LogP contribution in [0.4, 0.5) is 48.7 Å². The first kappa shape index (κ1) is 38.8. The van der Waals surface area contributed by atoms with E-state index in [2.05, 4.69) is 9.84 Å². The number of amides is 1. The normalized spacial score (nSPS) is 16.3. The van der Waals surface area contributed by atoms with Crippen molar-refractivity contribution < 1.29 is 67.7 Å². The monoisotopic (exact) mass is 790 g/mol. The summed E-state index contributed by atoms with van der Waals surface area (Å²) in [5.41, 5.74) is -11.0. The second-order valence-corrected chi connectivity index (χ2v) is 12.6. The first-order chi connectivity index (χ1) is 24.1. The van der Waals surface area contributed by atoms with Crippen molar-refractivity contribution in [2.45, 2.75) is 74.6 Å². The molecule has 0 spiro atoms. The molecule has 1 heterocycles. The number of aromatic nitrogens is 2. The molecule has 0 aliphatic heterocycles. The van der Waals surface area contributed by atoms with Gasteiger partial charge in [-0.2, -0.15) is 36.7 Å². The lowest BCUT2D eigenvalue weighted by atomic mass is 9.93. The molecule has 0 atom stereocenters. The summed E-state index contributed by atoms with van der Waals surface area (Å²) in [7, 11) is 0. The number of nitrogens with zero attached hydrogens (tertiary/aromatic N) is 4. The molecule has 2 saturated carbocycles. The van der Waals surface area contributed by atoms with E-state index in [1.807, 2.05) is 6.07 Å². The number of carbonyl (C=O) groups is 2. The summed E-state index contributed by atoms with van der Waals surface area (Å²) in [4.78, 5) is 27.0. The first-order valence-electron chi connectivity index (χ1n) is 14.9. The minimum Gasteiger partial charge on any atom is -0.431 e. The highest BCUT2D eigenvalue weighted by Gasteiger charge is 2.73. The smallest absolute Gasteiger partial charge is 0.431 e. The Balaban J connectivity index is 1.49. The number of hydrogen-bond acceptors (Lipinski definition) is 7. The summed E-state index contributed by atoms with van der Waals surface area (Å²) >= 11 is 12.2. The fourth-order valence-corrected chi connectivity index (χ4v) is 6.02. The quantitative estimate of drug-likeness (QED) is 0.121. The van der Waals surface area contributed by atoms with Gasteiger partial charge in [0, 0.05) is 17.3 Å². The predicted octanol–water partition coefficient (Wildman–Crippen LogP) is 9.59. The number of hydrogen-bond donors (Lipinski definition) is 0. The van der Waals surface area contributed by atoms with Gasteiger partial charge in [-0.1, -0.05) is 29.3 Å². The van der Waals surface area contributed by atoms with Crippen LogP contribution in [-0.2, 0) is 15.1 Å². The number of alkyl halides is 10. The Hall–Kier alpha value is -4.44. The van der Waals surface area contributed by atoms with Crippen LogP contribution in [0, 0.1) is 11.3 Å². The van der Waals surface area contributed by atoms with Crippen molar-refractivity contribution in [3.8, 4) is 28.6 Å². The van der Waals surface area contributed by atoms with E-state index in [1.54, 1.807) is 0 Å². The van der Waals surface area contributed by atoms with Gasteiger partial charge in [0.25, 0.3) is 5.91 Å². The predicted molar refractivity (Wildman–Crippen MR) is 159 cm³/mol. The van der Waals surface area contributed by atoms with Gasteiger partial charge in [0.2, 0.25) is 0 Å². The molecule has 2 aliphatic rings. The molecule has 2 fully saturated rings. The lowest BCUT2D eigenvalue weighted by Crippen LogP contribution is -2.50. The van der Waals surface area contributed by atoms with E-state index in [1.165, 1.54) is 18.2 Å². The SMILES string of the molecule is N#CC1(N(COC(=O)OC2CCCC2)C(=O)c2cc(-c3cnn(-c4c(Cl)cc(C(F)(C(F)(F)F)C(F)(F)F)cc4OC(F)(F)F)c3)ccc2Cl)CC1. The number of rotatable bonds is 9. The Bertz CT molecular complexity index is 1880. The van der Waals surface area contributed by atoms with Crippen LogP contribution in [0.15, 0.2) is 42.7 Å². The van der Waals surface area contributed by atoms with Gasteiger partial charge in [-0.05, 0) is 68.4 Å². The maximum Gasteiger partial charge on any atom is 0.573 e. The third-order valence-corrected chi connectivity index (χ3v) is 8.96. The third-order valence-electron chi connectivity index (χ3n) is 8.35. The highest BCUT2D eigenvalue weighted by atomic mass is 35.5. The van der Waals surface area contributed by atoms with Crippen molar-refractivity contribution in [1.29, 1.82) is 5.26 Å². The summed E-state index contributed by atoms with van der Waals surface area (Å²) in [5.74, 6) is -2.63. The summed E-state index contributed by atoms with van der Waals surface area (Å²) in [6, 6.07) is 5.14. The van der Waals surface area contributed by atoms with Gasteiger partial charge in [0.1, 0.15) is 17.3 Å². The Labute approximate surface area is 296 Å². The van der Waals surface area contributed by atoms with Crippen LogP contribution >= 0.6 is 23.2 Å². The Morgan fingerprint density at radius 3 is 2.13 bits per heavy atom. The van der Waals surface area contributed by atoms with Crippen LogP contribution < -0.4 is 4.74 Å². The number of ether oxygens (including phenoxy) is 3. The molecule has 2 aromatic carbocycles. The van der Waals surface area contributed by atoms with E-state index in [-0.39, 0.29) is 46.7 Å². The van der Waals surface area contributed by atoms with E-state index >= 15 is 0 Å². The molecule has 1 aromatic heterocycles. The highest BCUT2D eigenvalue weighted by molar-refractivity contribution is 6.34. The van der Waals surface area contributed by atoms with Gasteiger partial charge in [-0.15, -0.1) is 13.2 Å². The second kappa shape index (κ2) is 13.8. The fraction of sp³-hybridized carbons (Fsp3) is 0.419. The van der Waals surface area contributed by atoms with Crippen molar-refractivity contribution in [2.24, 2.45) is 0 Å². The van der Waals surface area contributed by atoms with E-state index in [0.717, 1.165) is 30.1 Å². The summed E-state index contributed by atoms with van der Waals surface area (Å²) in [6.45, 7) is -0.685. The van der Waals surface area contributed by atoms with Gasteiger partial charge >= 0.3 is 30.5 Å². The lowest BCUT2D eigenvalue weighted by molar-refractivity contribution is -0.348. The zero-order valence-electron chi connectivity index (χ0n) is 25.9. The Morgan fingerprint density at radius 1 is 0.942 bits per heavy atom. The minimum absolute atomic E-state index is 0.0152. The molecule has 9 nitrogen and oxygen atoms in total. The van der Waals surface area contributed by atoms with E-state index in [4.69, 9.17) is 32.7 Å². The standard InChI is InChI=1S/C31H22Cl2F10N4O5/c32-21-6-5-16(9-20(21)25(48)46(27(14-44)7-8-27)15-50-26(49)51-19-3-1-2-4-19)17-12-45-47(13-17)24-22(33)10-18(11-23(24)52-31(41,42)43)28(34,29(35,36)37)30(38,39)40/h5-6,9-13,19H,1-4,7-8,15H2. The van der Waals surface area contributed by atoms with Crippen LogP contribution in [0.3, 0.4) is 0 Å². The molecule has 21 heteroatoms. The number of halogens is 12. The zero-order valence-corrected chi connectivity index (χ0v) is 27.4. The maximum absolute atomic E-state index is 14.8. The van der Waals surface area contributed by atoms with Crippen LogP contribution in [0.1, 0.15) is 54.4 Å². The molecule has 0 saturated heterocycles. The number of nitriles is 1. The van der Waals surface area contributed by atoms with E-state index in [0.29, 0.717) is 17.5 Å². The average Bonchev–Trinajstić information content (AvgIpc) is 3.38. The molecule has 52 heavy (non-hydrogen) atoms. The van der Waals surface area contributed by atoms with Gasteiger partial charge in [0.15, 0.2) is 12.5 Å². The zero-order chi connectivity index (χ0) is 38.4. The number of carbonyl (C=O) groups excluding carboxylic acids is 2. The van der Waals surface area contributed by atoms with Gasteiger partial charge < -0.3 is 14.2 Å².